The summed E-state index contributed by atoms with van der Waals surface area (Å²) in [6.07, 6.45) is 3.35. The van der Waals surface area contributed by atoms with E-state index in [2.05, 4.69) is 24.1 Å². The molecular weight excluding hydrogens is 242 g/mol. The number of methoxy groups -OCH3 is 1. The molecule has 0 radical (unpaired) electrons. The van der Waals surface area contributed by atoms with E-state index >= 15 is 0 Å². The van der Waals surface area contributed by atoms with Gasteiger partial charge >= 0.3 is 6.03 Å². The van der Waals surface area contributed by atoms with Crippen molar-refractivity contribution >= 4 is 6.03 Å². The van der Waals surface area contributed by atoms with Gasteiger partial charge in [-0.3, -0.25) is 4.90 Å². The molecule has 110 valence electrons. The van der Waals surface area contributed by atoms with Crippen LogP contribution in [0.4, 0.5) is 4.79 Å². The van der Waals surface area contributed by atoms with Gasteiger partial charge in [-0.25, -0.2) is 4.79 Å². The zero-order valence-electron chi connectivity index (χ0n) is 12.4. The maximum Gasteiger partial charge on any atom is 0.317 e. The summed E-state index contributed by atoms with van der Waals surface area (Å²) in [6, 6.07) is 1.41. The number of nitrogens with zero attached hydrogens (tertiary/aromatic N) is 2. The monoisotopic (exact) mass is 269 g/mol. The second-order valence-electron chi connectivity index (χ2n) is 5.91. The molecule has 5 heteroatoms. The minimum absolute atomic E-state index is 0.123. The summed E-state index contributed by atoms with van der Waals surface area (Å²) < 4.78 is 5.11. The van der Waals surface area contributed by atoms with Crippen LogP contribution in [-0.4, -0.2) is 67.3 Å². The minimum atomic E-state index is 0.123. The first-order valence-corrected chi connectivity index (χ1v) is 7.42. The summed E-state index contributed by atoms with van der Waals surface area (Å²) in [6.45, 7) is 7.93. The van der Waals surface area contributed by atoms with E-state index in [9.17, 15) is 4.79 Å². The standard InChI is InChI=1S/C14H27N3O2/c1-11-9-16(14(18)15-13-5-6-13)10-12(2)17(11)7-4-8-19-3/h11-13H,4-10H2,1-3H3,(H,15,18). The second-order valence-corrected chi connectivity index (χ2v) is 5.91. The fraction of sp³-hybridized carbons (Fsp3) is 0.929. The van der Waals surface area contributed by atoms with Crippen molar-refractivity contribution in [3.05, 3.63) is 0 Å². The van der Waals surface area contributed by atoms with E-state index in [1.807, 2.05) is 4.90 Å². The summed E-state index contributed by atoms with van der Waals surface area (Å²) in [5.41, 5.74) is 0. The first kappa shape index (κ1) is 14.6. The van der Waals surface area contributed by atoms with Crippen molar-refractivity contribution < 1.29 is 9.53 Å². The lowest BCUT2D eigenvalue weighted by Crippen LogP contribution is -2.60. The molecule has 19 heavy (non-hydrogen) atoms. The fourth-order valence-electron chi connectivity index (χ4n) is 2.85. The Morgan fingerprint density at radius 2 is 1.89 bits per heavy atom. The molecule has 0 aromatic rings. The third kappa shape index (κ3) is 4.08. The SMILES string of the molecule is COCCCN1C(C)CN(C(=O)NC2CC2)CC1C. The maximum absolute atomic E-state index is 12.1. The van der Waals surface area contributed by atoms with Crippen LogP contribution in [0.1, 0.15) is 33.1 Å². The highest BCUT2D eigenvalue weighted by Crippen LogP contribution is 2.21. The largest absolute Gasteiger partial charge is 0.385 e. The number of carbonyl (C=O) groups is 1. The number of carbonyl (C=O) groups excluding carboxylic acids is 1. The number of hydrogen-bond acceptors (Lipinski definition) is 3. The van der Waals surface area contributed by atoms with E-state index in [0.29, 0.717) is 18.1 Å². The van der Waals surface area contributed by atoms with Crippen LogP contribution in [0.5, 0.6) is 0 Å². The van der Waals surface area contributed by atoms with Gasteiger partial charge in [0.05, 0.1) is 0 Å². The lowest BCUT2D eigenvalue weighted by molar-refractivity contribution is 0.0480. The number of ether oxygens (including phenoxy) is 1. The lowest BCUT2D eigenvalue weighted by Gasteiger charge is -2.44. The van der Waals surface area contributed by atoms with Gasteiger partial charge in [-0.15, -0.1) is 0 Å². The first-order valence-electron chi connectivity index (χ1n) is 7.42. The van der Waals surface area contributed by atoms with Crippen LogP contribution in [0.15, 0.2) is 0 Å². The third-order valence-corrected chi connectivity index (χ3v) is 4.06. The van der Waals surface area contributed by atoms with Gasteiger partial charge in [0.1, 0.15) is 0 Å². The molecule has 0 aromatic carbocycles. The first-order chi connectivity index (χ1) is 9.11. The Hall–Kier alpha value is -0.810. The smallest absolute Gasteiger partial charge is 0.317 e. The third-order valence-electron chi connectivity index (χ3n) is 4.06. The van der Waals surface area contributed by atoms with Crippen molar-refractivity contribution in [2.24, 2.45) is 0 Å². The van der Waals surface area contributed by atoms with Gasteiger partial charge in [0.25, 0.3) is 0 Å². The molecule has 5 nitrogen and oxygen atoms in total. The predicted molar refractivity (Wildman–Crippen MR) is 75.2 cm³/mol. The summed E-state index contributed by atoms with van der Waals surface area (Å²) in [5, 5.41) is 3.08. The Labute approximate surface area is 116 Å². The van der Waals surface area contributed by atoms with E-state index in [1.54, 1.807) is 7.11 Å². The summed E-state index contributed by atoms with van der Waals surface area (Å²) in [7, 11) is 1.74. The molecule has 1 saturated carbocycles. The molecule has 1 aliphatic carbocycles. The van der Waals surface area contributed by atoms with Gasteiger partial charge < -0.3 is 15.0 Å². The molecule has 2 aliphatic rings. The zero-order valence-corrected chi connectivity index (χ0v) is 12.4. The minimum Gasteiger partial charge on any atom is -0.385 e. The van der Waals surface area contributed by atoms with Crippen LogP contribution in [0.25, 0.3) is 0 Å². The molecule has 2 atom stereocenters. The van der Waals surface area contributed by atoms with Crippen molar-refractivity contribution in [2.75, 3.05) is 33.4 Å². The van der Waals surface area contributed by atoms with Crippen molar-refractivity contribution in [3.63, 3.8) is 0 Å². The number of rotatable bonds is 5. The van der Waals surface area contributed by atoms with Gasteiger partial charge in [0.15, 0.2) is 0 Å². The Balaban J connectivity index is 1.80. The summed E-state index contributed by atoms with van der Waals surface area (Å²) in [4.78, 5) is 16.5. The molecule has 1 heterocycles. The predicted octanol–water partition coefficient (Wildman–Crippen LogP) is 1.29. The normalized spacial score (nSPS) is 28.5. The van der Waals surface area contributed by atoms with Crippen LogP contribution in [0.3, 0.4) is 0 Å². The van der Waals surface area contributed by atoms with Crippen LogP contribution < -0.4 is 5.32 Å². The van der Waals surface area contributed by atoms with Gasteiger partial charge in [0, 0.05) is 51.5 Å². The van der Waals surface area contributed by atoms with Gasteiger partial charge in [-0.05, 0) is 33.1 Å². The molecule has 2 fully saturated rings. The Bertz CT molecular complexity index is 295. The highest BCUT2D eigenvalue weighted by atomic mass is 16.5. The molecular formula is C14H27N3O2. The van der Waals surface area contributed by atoms with Gasteiger partial charge in [-0.1, -0.05) is 0 Å². The van der Waals surface area contributed by atoms with Crippen LogP contribution in [0.2, 0.25) is 0 Å². The van der Waals surface area contributed by atoms with Gasteiger partial charge in [-0.2, -0.15) is 0 Å². The number of piperazine rings is 1. The zero-order chi connectivity index (χ0) is 13.8. The van der Waals surface area contributed by atoms with Crippen molar-refractivity contribution in [1.29, 1.82) is 0 Å². The topological polar surface area (TPSA) is 44.8 Å². The number of hydrogen-bond donors (Lipinski definition) is 1. The van der Waals surface area contributed by atoms with E-state index in [0.717, 1.165) is 45.5 Å². The molecule has 2 amide bonds. The van der Waals surface area contributed by atoms with E-state index in [4.69, 9.17) is 4.74 Å². The van der Waals surface area contributed by atoms with E-state index in [-0.39, 0.29) is 6.03 Å². The number of amides is 2. The molecule has 0 aromatic heterocycles. The molecule has 1 saturated heterocycles. The summed E-state index contributed by atoms with van der Waals surface area (Å²) >= 11 is 0. The highest BCUT2D eigenvalue weighted by molar-refractivity contribution is 5.75. The van der Waals surface area contributed by atoms with E-state index in [1.165, 1.54) is 0 Å². The van der Waals surface area contributed by atoms with Crippen LogP contribution in [0, 0.1) is 0 Å². The Morgan fingerprint density at radius 1 is 1.26 bits per heavy atom. The second kappa shape index (κ2) is 6.57. The van der Waals surface area contributed by atoms with Gasteiger partial charge in [0.2, 0.25) is 0 Å². The van der Waals surface area contributed by atoms with Crippen molar-refractivity contribution in [2.45, 2.75) is 51.2 Å². The molecule has 2 rings (SSSR count). The van der Waals surface area contributed by atoms with Crippen molar-refractivity contribution in [1.82, 2.24) is 15.1 Å². The fourth-order valence-corrected chi connectivity index (χ4v) is 2.85. The average Bonchev–Trinajstić information content (AvgIpc) is 3.16. The maximum atomic E-state index is 12.1. The summed E-state index contributed by atoms with van der Waals surface area (Å²) in [5.74, 6) is 0. The van der Waals surface area contributed by atoms with Crippen molar-refractivity contribution in [3.8, 4) is 0 Å². The Morgan fingerprint density at radius 3 is 2.42 bits per heavy atom. The van der Waals surface area contributed by atoms with Crippen LogP contribution >= 0.6 is 0 Å². The number of urea groups is 1. The molecule has 0 bridgehead atoms. The molecule has 2 unspecified atom stereocenters. The number of nitrogens with one attached hydrogen (secondary N) is 1. The highest BCUT2D eigenvalue weighted by Gasteiger charge is 2.33. The molecule has 1 N–H and O–H groups in total. The van der Waals surface area contributed by atoms with Crippen LogP contribution in [-0.2, 0) is 4.74 Å². The lowest BCUT2D eigenvalue weighted by atomic mass is 10.1. The average molecular weight is 269 g/mol. The molecule has 0 spiro atoms. The molecule has 1 aliphatic heterocycles. The van der Waals surface area contributed by atoms with E-state index < -0.39 is 0 Å². The quantitative estimate of drug-likeness (QED) is 0.765. The Kier molecular flexibility index (Phi) is 5.05.